The summed E-state index contributed by atoms with van der Waals surface area (Å²) in [5.74, 6) is 0. The lowest BCUT2D eigenvalue weighted by atomic mass is 10.0. The molecule has 21 heavy (non-hydrogen) atoms. The number of benzene rings is 2. The van der Waals surface area contributed by atoms with E-state index in [4.69, 9.17) is 40.4 Å². The summed E-state index contributed by atoms with van der Waals surface area (Å²) < 4.78 is 0. The Kier molecular flexibility index (Phi) is 3.74. The van der Waals surface area contributed by atoms with Crippen molar-refractivity contribution in [3.8, 4) is 0 Å². The molecule has 0 aliphatic carbocycles. The van der Waals surface area contributed by atoms with Gasteiger partial charge < -0.3 is 5.32 Å². The molecule has 0 fully saturated rings. The quantitative estimate of drug-likeness (QED) is 0.812. The van der Waals surface area contributed by atoms with Gasteiger partial charge in [0.25, 0.3) is 0 Å². The van der Waals surface area contributed by atoms with Crippen molar-refractivity contribution in [2.24, 2.45) is 4.99 Å². The third-order valence-corrected chi connectivity index (χ3v) is 4.23. The van der Waals surface area contributed by atoms with Crippen molar-refractivity contribution in [1.29, 1.82) is 0 Å². The third kappa shape index (κ3) is 2.82. The van der Waals surface area contributed by atoms with Crippen LogP contribution in [0.3, 0.4) is 0 Å². The van der Waals surface area contributed by atoms with Crippen LogP contribution in [0.4, 0.5) is 0 Å². The molecule has 2 aromatic carbocycles. The van der Waals surface area contributed by atoms with Crippen molar-refractivity contribution in [2.75, 3.05) is 0 Å². The molecule has 0 spiro atoms. The van der Waals surface area contributed by atoms with Crippen LogP contribution in [0.1, 0.15) is 18.1 Å². The van der Waals surface area contributed by atoms with Gasteiger partial charge in [-0.3, -0.25) is 0 Å². The van der Waals surface area contributed by atoms with Gasteiger partial charge in [0, 0.05) is 15.6 Å². The van der Waals surface area contributed by atoms with Crippen LogP contribution >= 0.6 is 35.4 Å². The molecule has 1 heterocycles. The molecular formula is C16H12Cl2N2S. The zero-order chi connectivity index (χ0) is 15.0. The fourth-order valence-corrected chi connectivity index (χ4v) is 2.91. The van der Waals surface area contributed by atoms with E-state index in [1.165, 1.54) is 0 Å². The summed E-state index contributed by atoms with van der Waals surface area (Å²) in [4.78, 5) is 5.41. The van der Waals surface area contributed by atoms with E-state index in [-0.39, 0.29) is 0 Å². The minimum absolute atomic E-state index is 0.573. The summed E-state index contributed by atoms with van der Waals surface area (Å²) in [6.45, 7) is 1.99. The molecule has 0 saturated carbocycles. The summed E-state index contributed by atoms with van der Waals surface area (Å²) in [6.07, 6.45) is 0. The molecule has 0 bridgehead atoms. The first-order valence-corrected chi connectivity index (χ1v) is 7.59. The number of thiocarbonyl (C=S) groups is 1. The Morgan fingerprint density at radius 1 is 0.952 bits per heavy atom. The number of halogens is 2. The minimum atomic E-state index is -0.573. The van der Waals surface area contributed by atoms with Gasteiger partial charge in [-0.25, -0.2) is 4.99 Å². The van der Waals surface area contributed by atoms with E-state index >= 15 is 0 Å². The molecule has 1 aliphatic rings. The molecule has 0 saturated heterocycles. The van der Waals surface area contributed by atoms with Gasteiger partial charge in [0.2, 0.25) is 0 Å². The highest BCUT2D eigenvalue weighted by molar-refractivity contribution is 7.82. The molecule has 2 nitrogen and oxygen atoms in total. The summed E-state index contributed by atoms with van der Waals surface area (Å²) in [5.41, 5.74) is 2.17. The fraction of sp³-hybridized carbons (Fsp3) is 0.125. The van der Waals surface area contributed by atoms with Crippen LogP contribution in [0.15, 0.2) is 53.5 Å². The van der Waals surface area contributed by atoms with Crippen molar-refractivity contribution < 1.29 is 0 Å². The van der Waals surface area contributed by atoms with Gasteiger partial charge in [-0.15, -0.1) is 0 Å². The van der Waals surface area contributed by atoms with Crippen LogP contribution < -0.4 is 5.32 Å². The van der Waals surface area contributed by atoms with E-state index in [1.54, 1.807) is 0 Å². The maximum Gasteiger partial charge on any atom is 0.154 e. The van der Waals surface area contributed by atoms with Crippen LogP contribution in [0.2, 0.25) is 10.0 Å². The number of hydrogen-bond acceptors (Lipinski definition) is 2. The highest BCUT2D eigenvalue weighted by Crippen LogP contribution is 2.29. The van der Waals surface area contributed by atoms with Crippen molar-refractivity contribution >= 4 is 46.1 Å². The lowest BCUT2D eigenvalue weighted by Gasteiger charge is -2.22. The number of nitrogens with zero attached hydrogens (tertiary/aromatic N) is 1. The first-order chi connectivity index (χ1) is 9.98. The highest BCUT2D eigenvalue weighted by Gasteiger charge is 2.34. The van der Waals surface area contributed by atoms with Crippen LogP contribution in [-0.2, 0) is 5.66 Å². The average Bonchev–Trinajstić information content (AvgIpc) is 2.77. The van der Waals surface area contributed by atoms with Crippen LogP contribution in [0, 0.1) is 0 Å². The van der Waals surface area contributed by atoms with Crippen molar-refractivity contribution in [3.63, 3.8) is 0 Å². The van der Waals surface area contributed by atoms with Crippen LogP contribution in [0.5, 0.6) is 0 Å². The summed E-state index contributed by atoms with van der Waals surface area (Å²) in [6, 6.07) is 15.1. The Labute approximate surface area is 138 Å². The standard InChI is InChI=1S/C16H12Cl2N2S/c1-16(11-4-8-13(18)9-5-11)19-14(15(21)20-16)10-2-6-12(17)7-3-10/h2-9H,1H3,(H,20,21). The molecule has 1 aliphatic heterocycles. The second-order valence-electron chi connectivity index (χ2n) is 5.00. The maximum atomic E-state index is 5.94. The van der Waals surface area contributed by atoms with Crippen LogP contribution in [0.25, 0.3) is 0 Å². The largest absolute Gasteiger partial charge is 0.347 e. The summed E-state index contributed by atoms with van der Waals surface area (Å²) in [7, 11) is 0. The molecule has 1 atom stereocenters. The van der Waals surface area contributed by atoms with E-state index in [2.05, 4.69) is 5.32 Å². The fourth-order valence-electron chi connectivity index (χ4n) is 2.30. The lowest BCUT2D eigenvalue weighted by molar-refractivity contribution is 0.480. The third-order valence-electron chi connectivity index (χ3n) is 3.43. The van der Waals surface area contributed by atoms with Gasteiger partial charge >= 0.3 is 0 Å². The smallest absolute Gasteiger partial charge is 0.154 e. The van der Waals surface area contributed by atoms with Crippen molar-refractivity contribution in [2.45, 2.75) is 12.6 Å². The van der Waals surface area contributed by atoms with E-state index in [9.17, 15) is 0 Å². The number of hydrogen-bond donors (Lipinski definition) is 1. The number of rotatable bonds is 2. The second kappa shape index (κ2) is 5.41. The molecule has 0 amide bonds. The molecule has 0 radical (unpaired) electrons. The zero-order valence-electron chi connectivity index (χ0n) is 11.2. The van der Waals surface area contributed by atoms with E-state index < -0.39 is 5.66 Å². The molecule has 106 valence electrons. The molecule has 2 aromatic rings. The van der Waals surface area contributed by atoms with Gasteiger partial charge in [0.05, 0.1) is 0 Å². The predicted octanol–water partition coefficient (Wildman–Crippen LogP) is 4.59. The number of nitrogens with one attached hydrogen (secondary N) is 1. The summed E-state index contributed by atoms with van der Waals surface area (Å²) in [5, 5.41) is 4.67. The Morgan fingerprint density at radius 2 is 1.48 bits per heavy atom. The lowest BCUT2D eigenvalue weighted by Crippen LogP contribution is -2.36. The Hall–Kier alpha value is -1.42. The van der Waals surface area contributed by atoms with E-state index in [0.717, 1.165) is 16.8 Å². The SMILES string of the molecule is CC1(c2ccc(Cl)cc2)N=C(c2ccc(Cl)cc2)C(=S)N1. The van der Waals surface area contributed by atoms with Crippen molar-refractivity contribution in [1.82, 2.24) is 5.32 Å². The minimum Gasteiger partial charge on any atom is -0.347 e. The van der Waals surface area contributed by atoms with Gasteiger partial charge in [0.1, 0.15) is 10.7 Å². The first-order valence-electron chi connectivity index (χ1n) is 6.42. The average molecular weight is 335 g/mol. The molecule has 1 N–H and O–H groups in total. The Morgan fingerprint density at radius 3 is 2.05 bits per heavy atom. The molecule has 1 unspecified atom stereocenters. The molecule has 5 heteroatoms. The highest BCUT2D eigenvalue weighted by atomic mass is 35.5. The van der Waals surface area contributed by atoms with Gasteiger partial charge in [-0.2, -0.15) is 0 Å². The van der Waals surface area contributed by atoms with Gasteiger partial charge in [-0.05, 0) is 36.8 Å². The van der Waals surface area contributed by atoms with Gasteiger partial charge in [0.15, 0.2) is 5.66 Å². The first kappa shape index (κ1) is 14.5. The molecular weight excluding hydrogens is 323 g/mol. The molecule has 0 aromatic heterocycles. The zero-order valence-corrected chi connectivity index (χ0v) is 13.6. The molecule has 3 rings (SSSR count). The van der Waals surface area contributed by atoms with Crippen LogP contribution in [-0.4, -0.2) is 10.7 Å². The number of aliphatic imine (C=N–C) groups is 1. The predicted molar refractivity (Wildman–Crippen MR) is 92.5 cm³/mol. The Bertz CT molecular complexity index is 723. The Balaban J connectivity index is 2.01. The van der Waals surface area contributed by atoms with Gasteiger partial charge in [-0.1, -0.05) is 59.7 Å². The van der Waals surface area contributed by atoms with E-state index in [1.807, 2.05) is 55.5 Å². The topological polar surface area (TPSA) is 24.4 Å². The monoisotopic (exact) mass is 334 g/mol. The second-order valence-corrected chi connectivity index (χ2v) is 6.28. The van der Waals surface area contributed by atoms with Crippen molar-refractivity contribution in [3.05, 3.63) is 69.7 Å². The normalized spacial score (nSPS) is 21.1. The summed E-state index contributed by atoms with van der Waals surface area (Å²) >= 11 is 17.3. The maximum absolute atomic E-state index is 5.94. The van der Waals surface area contributed by atoms with E-state index in [0.29, 0.717) is 15.0 Å².